The van der Waals surface area contributed by atoms with Crippen LogP contribution < -0.4 is 5.32 Å². The number of hydrogen-bond acceptors (Lipinski definition) is 3. The summed E-state index contributed by atoms with van der Waals surface area (Å²) in [5.74, 6) is 0. The van der Waals surface area contributed by atoms with Crippen LogP contribution in [-0.4, -0.2) is 25.6 Å². The molecule has 0 bridgehead atoms. The van der Waals surface area contributed by atoms with E-state index in [2.05, 4.69) is 46.7 Å². The van der Waals surface area contributed by atoms with E-state index >= 15 is 0 Å². The quantitative estimate of drug-likeness (QED) is 0.729. The van der Waals surface area contributed by atoms with Crippen LogP contribution in [0.5, 0.6) is 0 Å². The molecule has 0 unspecified atom stereocenters. The maximum atomic E-state index is 4.25. The Morgan fingerprint density at radius 2 is 1.82 bits per heavy atom. The van der Waals surface area contributed by atoms with Gasteiger partial charge in [-0.1, -0.05) is 12.1 Å². The van der Waals surface area contributed by atoms with Gasteiger partial charge in [-0.05, 0) is 43.2 Å². The normalized spacial score (nSPS) is 12.2. The lowest BCUT2D eigenvalue weighted by Gasteiger charge is -2.16. The molecule has 0 aliphatic rings. The molecule has 5 heteroatoms. The lowest BCUT2D eigenvalue weighted by Crippen LogP contribution is -2.18. The van der Waals surface area contributed by atoms with Gasteiger partial charge in [-0.2, -0.15) is 10.2 Å². The summed E-state index contributed by atoms with van der Waals surface area (Å²) in [6.45, 7) is 3.92. The van der Waals surface area contributed by atoms with Crippen LogP contribution in [0.15, 0.2) is 61.2 Å². The second-order valence-corrected chi connectivity index (χ2v) is 5.51. The van der Waals surface area contributed by atoms with Crippen LogP contribution in [0.1, 0.15) is 18.9 Å². The Morgan fingerprint density at radius 1 is 1.05 bits per heavy atom. The lowest BCUT2D eigenvalue weighted by atomic mass is 10.1. The van der Waals surface area contributed by atoms with Crippen molar-refractivity contribution in [3.8, 4) is 0 Å². The van der Waals surface area contributed by atoms with E-state index in [1.807, 2.05) is 40.1 Å². The Balaban J connectivity index is 1.55. The molecule has 0 fully saturated rings. The van der Waals surface area contributed by atoms with E-state index in [1.165, 1.54) is 5.56 Å². The molecule has 1 N–H and O–H groups in total. The number of anilines is 1. The molecule has 3 aromatic rings. The van der Waals surface area contributed by atoms with E-state index in [0.717, 1.165) is 25.2 Å². The Kier molecular flexibility index (Phi) is 4.53. The molecule has 0 spiro atoms. The standard InChI is InChI=1S/C17H21N5/c1-15(7-12-21-10-3-8-18-21)20-17-6-2-5-16(13-17)14-22-11-4-9-19-22/h2-6,8-11,13,15,20H,7,12,14H2,1H3/t15-/m1/s1. The van der Waals surface area contributed by atoms with Crippen LogP contribution in [0.25, 0.3) is 0 Å². The average Bonchev–Trinajstić information content (AvgIpc) is 3.19. The zero-order valence-corrected chi connectivity index (χ0v) is 12.8. The molecule has 114 valence electrons. The lowest BCUT2D eigenvalue weighted by molar-refractivity contribution is 0.545. The molecule has 22 heavy (non-hydrogen) atoms. The first-order valence-electron chi connectivity index (χ1n) is 7.60. The van der Waals surface area contributed by atoms with E-state index in [4.69, 9.17) is 0 Å². The fourth-order valence-electron chi connectivity index (χ4n) is 2.46. The highest BCUT2D eigenvalue weighted by Gasteiger charge is 2.04. The molecular formula is C17H21N5. The van der Waals surface area contributed by atoms with Crippen molar-refractivity contribution in [2.24, 2.45) is 0 Å². The second-order valence-electron chi connectivity index (χ2n) is 5.51. The number of rotatable bonds is 7. The van der Waals surface area contributed by atoms with E-state index in [0.29, 0.717) is 6.04 Å². The minimum atomic E-state index is 0.393. The van der Waals surface area contributed by atoms with Gasteiger partial charge in [-0.3, -0.25) is 9.36 Å². The van der Waals surface area contributed by atoms with Crippen molar-refractivity contribution >= 4 is 5.69 Å². The first-order chi connectivity index (χ1) is 10.8. The van der Waals surface area contributed by atoms with Gasteiger partial charge in [-0.25, -0.2) is 0 Å². The predicted molar refractivity (Wildman–Crippen MR) is 87.7 cm³/mol. The molecule has 1 aromatic carbocycles. The first kappa shape index (κ1) is 14.4. The molecule has 0 saturated carbocycles. The van der Waals surface area contributed by atoms with Crippen molar-refractivity contribution in [3.63, 3.8) is 0 Å². The Hall–Kier alpha value is -2.56. The Labute approximate surface area is 130 Å². The minimum Gasteiger partial charge on any atom is -0.383 e. The molecule has 2 heterocycles. The SMILES string of the molecule is C[C@H](CCn1cccn1)Nc1cccc(Cn2cccn2)c1. The molecule has 0 amide bonds. The summed E-state index contributed by atoms with van der Waals surface area (Å²) in [6, 6.07) is 12.8. The molecule has 5 nitrogen and oxygen atoms in total. The van der Waals surface area contributed by atoms with Crippen LogP contribution in [0.2, 0.25) is 0 Å². The molecular weight excluding hydrogens is 274 g/mol. The molecule has 1 atom stereocenters. The third-order valence-corrected chi connectivity index (χ3v) is 3.59. The highest BCUT2D eigenvalue weighted by atomic mass is 15.3. The topological polar surface area (TPSA) is 47.7 Å². The zero-order valence-electron chi connectivity index (χ0n) is 12.8. The number of nitrogens with zero attached hydrogens (tertiary/aromatic N) is 4. The van der Waals surface area contributed by atoms with Gasteiger partial charge in [0, 0.05) is 43.1 Å². The number of aryl methyl sites for hydroxylation is 1. The smallest absolute Gasteiger partial charge is 0.0660 e. The highest BCUT2D eigenvalue weighted by molar-refractivity contribution is 5.46. The molecule has 0 radical (unpaired) electrons. The summed E-state index contributed by atoms with van der Waals surface area (Å²) in [6.07, 6.45) is 8.63. The van der Waals surface area contributed by atoms with Gasteiger partial charge in [0.05, 0.1) is 6.54 Å². The largest absolute Gasteiger partial charge is 0.383 e. The summed E-state index contributed by atoms with van der Waals surface area (Å²) in [7, 11) is 0. The molecule has 2 aromatic heterocycles. The highest BCUT2D eigenvalue weighted by Crippen LogP contribution is 2.14. The van der Waals surface area contributed by atoms with Crippen LogP contribution in [0, 0.1) is 0 Å². The van der Waals surface area contributed by atoms with E-state index < -0.39 is 0 Å². The average molecular weight is 295 g/mol. The summed E-state index contributed by atoms with van der Waals surface area (Å²) in [4.78, 5) is 0. The number of hydrogen-bond donors (Lipinski definition) is 1. The van der Waals surface area contributed by atoms with Crippen molar-refractivity contribution in [2.75, 3.05) is 5.32 Å². The summed E-state index contributed by atoms with van der Waals surface area (Å²) in [5.41, 5.74) is 2.39. The van der Waals surface area contributed by atoms with Crippen LogP contribution in [-0.2, 0) is 13.1 Å². The molecule has 0 saturated heterocycles. The van der Waals surface area contributed by atoms with Crippen LogP contribution in [0.3, 0.4) is 0 Å². The van der Waals surface area contributed by atoms with Gasteiger partial charge in [0.2, 0.25) is 0 Å². The number of nitrogens with one attached hydrogen (secondary N) is 1. The second kappa shape index (κ2) is 6.93. The van der Waals surface area contributed by atoms with E-state index in [1.54, 1.807) is 6.20 Å². The van der Waals surface area contributed by atoms with E-state index in [-0.39, 0.29) is 0 Å². The van der Waals surface area contributed by atoms with Crippen molar-refractivity contribution < 1.29 is 0 Å². The van der Waals surface area contributed by atoms with Gasteiger partial charge < -0.3 is 5.32 Å². The molecule has 3 rings (SSSR count). The minimum absolute atomic E-state index is 0.393. The maximum absolute atomic E-state index is 4.25. The van der Waals surface area contributed by atoms with E-state index in [9.17, 15) is 0 Å². The number of benzene rings is 1. The third kappa shape index (κ3) is 3.97. The summed E-state index contributed by atoms with van der Waals surface area (Å²) in [5, 5.41) is 12.0. The van der Waals surface area contributed by atoms with Crippen molar-refractivity contribution in [3.05, 3.63) is 66.7 Å². The Morgan fingerprint density at radius 3 is 2.55 bits per heavy atom. The summed E-state index contributed by atoms with van der Waals surface area (Å²) >= 11 is 0. The fraction of sp³-hybridized carbons (Fsp3) is 0.294. The van der Waals surface area contributed by atoms with Crippen molar-refractivity contribution in [1.29, 1.82) is 0 Å². The zero-order chi connectivity index (χ0) is 15.2. The molecule has 0 aliphatic carbocycles. The van der Waals surface area contributed by atoms with Crippen LogP contribution in [0.4, 0.5) is 5.69 Å². The van der Waals surface area contributed by atoms with Gasteiger partial charge in [0.25, 0.3) is 0 Å². The van der Waals surface area contributed by atoms with Crippen molar-refractivity contribution in [2.45, 2.75) is 32.5 Å². The monoisotopic (exact) mass is 295 g/mol. The van der Waals surface area contributed by atoms with Crippen molar-refractivity contribution in [1.82, 2.24) is 19.6 Å². The van der Waals surface area contributed by atoms with Crippen LogP contribution >= 0.6 is 0 Å². The molecule has 0 aliphatic heterocycles. The van der Waals surface area contributed by atoms with Gasteiger partial charge in [-0.15, -0.1) is 0 Å². The summed E-state index contributed by atoms with van der Waals surface area (Å²) < 4.78 is 3.90. The first-order valence-corrected chi connectivity index (χ1v) is 7.60. The van der Waals surface area contributed by atoms with Gasteiger partial charge >= 0.3 is 0 Å². The Bertz CT molecular complexity index is 673. The predicted octanol–water partition coefficient (Wildman–Crippen LogP) is 3.02. The maximum Gasteiger partial charge on any atom is 0.0660 e. The third-order valence-electron chi connectivity index (χ3n) is 3.59. The van der Waals surface area contributed by atoms with Gasteiger partial charge in [0.1, 0.15) is 0 Å². The van der Waals surface area contributed by atoms with Gasteiger partial charge in [0.15, 0.2) is 0 Å². The fourth-order valence-corrected chi connectivity index (χ4v) is 2.46. The number of aromatic nitrogens is 4.